The summed E-state index contributed by atoms with van der Waals surface area (Å²) < 4.78 is 26.3. The van der Waals surface area contributed by atoms with Crippen LogP contribution in [0.3, 0.4) is 0 Å². The van der Waals surface area contributed by atoms with Crippen molar-refractivity contribution in [3.63, 3.8) is 0 Å². The zero-order valence-electron chi connectivity index (χ0n) is 12.2. The predicted molar refractivity (Wildman–Crippen MR) is 87.1 cm³/mol. The molecule has 1 aromatic rings. The van der Waals surface area contributed by atoms with Gasteiger partial charge >= 0.3 is 0 Å². The van der Waals surface area contributed by atoms with Gasteiger partial charge in [-0.1, -0.05) is 44.3 Å². The lowest BCUT2D eigenvalue weighted by molar-refractivity contribution is 0.349. The van der Waals surface area contributed by atoms with Gasteiger partial charge in [0, 0.05) is 18.7 Å². The molecule has 0 aliphatic rings. The molecule has 1 rings (SSSR count). The van der Waals surface area contributed by atoms with E-state index in [4.69, 9.17) is 18.0 Å². The Morgan fingerprint density at radius 2 is 1.95 bits per heavy atom. The van der Waals surface area contributed by atoms with E-state index >= 15 is 0 Å². The summed E-state index contributed by atoms with van der Waals surface area (Å²) in [6, 6.07) is 7.11. The summed E-state index contributed by atoms with van der Waals surface area (Å²) in [7, 11) is -1.69. The minimum absolute atomic E-state index is 0.0313. The van der Waals surface area contributed by atoms with Crippen LogP contribution >= 0.6 is 12.2 Å². The Morgan fingerprint density at radius 1 is 1.35 bits per heavy atom. The predicted octanol–water partition coefficient (Wildman–Crippen LogP) is 2.27. The molecule has 0 aliphatic carbocycles. The van der Waals surface area contributed by atoms with Gasteiger partial charge in [-0.3, -0.25) is 0 Å². The van der Waals surface area contributed by atoms with Gasteiger partial charge in [0.1, 0.15) is 4.99 Å². The van der Waals surface area contributed by atoms with E-state index in [1.54, 1.807) is 31.3 Å². The summed E-state index contributed by atoms with van der Waals surface area (Å²) >= 11 is 4.91. The summed E-state index contributed by atoms with van der Waals surface area (Å²) in [5.41, 5.74) is 6.96. The van der Waals surface area contributed by atoms with Gasteiger partial charge in [-0.15, -0.1) is 0 Å². The highest BCUT2D eigenvalue weighted by Gasteiger charge is 2.24. The monoisotopic (exact) mass is 314 g/mol. The molecule has 0 bridgehead atoms. The van der Waals surface area contributed by atoms with Crippen LogP contribution in [-0.4, -0.2) is 30.8 Å². The summed E-state index contributed by atoms with van der Waals surface area (Å²) in [6.45, 7) is 3.99. The van der Waals surface area contributed by atoms with E-state index < -0.39 is 10.0 Å². The van der Waals surface area contributed by atoms with Crippen LogP contribution in [-0.2, 0) is 15.8 Å². The summed E-state index contributed by atoms with van der Waals surface area (Å²) in [5.74, 6) is -0.0313. The van der Waals surface area contributed by atoms with Gasteiger partial charge in [0.05, 0.1) is 5.75 Å². The number of thiocarbonyl (C=S) groups is 1. The molecule has 0 fully saturated rings. The Kier molecular flexibility index (Phi) is 6.10. The molecule has 4 nitrogen and oxygen atoms in total. The number of benzene rings is 1. The fourth-order valence-electron chi connectivity index (χ4n) is 2.16. The first-order valence-corrected chi connectivity index (χ1v) is 8.68. The van der Waals surface area contributed by atoms with E-state index in [9.17, 15) is 8.42 Å². The number of hydrogen-bond donors (Lipinski definition) is 1. The van der Waals surface area contributed by atoms with Crippen LogP contribution in [0.2, 0.25) is 0 Å². The Labute approximate surface area is 127 Å². The number of hydrogen-bond acceptors (Lipinski definition) is 3. The topological polar surface area (TPSA) is 63.4 Å². The minimum Gasteiger partial charge on any atom is -0.389 e. The molecule has 0 saturated carbocycles. The second kappa shape index (κ2) is 7.15. The van der Waals surface area contributed by atoms with Gasteiger partial charge < -0.3 is 5.73 Å². The third-order valence-corrected chi connectivity index (χ3v) is 5.57. The number of sulfonamides is 1. The molecule has 6 heteroatoms. The van der Waals surface area contributed by atoms with E-state index in [1.165, 1.54) is 4.31 Å². The quantitative estimate of drug-likeness (QED) is 0.784. The van der Waals surface area contributed by atoms with Crippen LogP contribution in [0.1, 0.15) is 37.8 Å². The summed E-state index contributed by atoms with van der Waals surface area (Å²) in [5, 5.41) is 0. The van der Waals surface area contributed by atoms with Crippen LogP contribution in [0.25, 0.3) is 0 Å². The first-order chi connectivity index (χ1) is 9.31. The Bertz CT molecular complexity index is 566. The molecule has 112 valence electrons. The lowest BCUT2D eigenvalue weighted by atomic mass is 10.1. The molecular formula is C14H22N2O2S2. The van der Waals surface area contributed by atoms with Crippen molar-refractivity contribution in [1.82, 2.24) is 4.31 Å². The largest absolute Gasteiger partial charge is 0.389 e. The van der Waals surface area contributed by atoms with Gasteiger partial charge in [0.2, 0.25) is 10.0 Å². The average molecular weight is 314 g/mol. The molecule has 0 spiro atoms. The highest BCUT2D eigenvalue weighted by Crippen LogP contribution is 2.16. The highest BCUT2D eigenvalue weighted by molar-refractivity contribution is 7.88. The molecule has 2 N–H and O–H groups in total. The molecule has 20 heavy (non-hydrogen) atoms. The molecule has 0 heterocycles. The molecule has 0 aliphatic heterocycles. The zero-order chi connectivity index (χ0) is 15.3. The van der Waals surface area contributed by atoms with Crippen molar-refractivity contribution in [2.75, 3.05) is 7.05 Å². The lowest BCUT2D eigenvalue weighted by Crippen LogP contribution is -2.37. The zero-order valence-corrected chi connectivity index (χ0v) is 13.8. The Balaban J connectivity index is 2.96. The molecule has 0 unspecified atom stereocenters. The first kappa shape index (κ1) is 17.1. The second-order valence-electron chi connectivity index (χ2n) is 4.81. The van der Waals surface area contributed by atoms with Gasteiger partial charge in [-0.25, -0.2) is 12.7 Å². The van der Waals surface area contributed by atoms with Crippen LogP contribution in [0.5, 0.6) is 0 Å². The maximum absolute atomic E-state index is 12.4. The summed E-state index contributed by atoms with van der Waals surface area (Å²) in [6.07, 6.45) is 1.61. The molecular weight excluding hydrogens is 292 g/mol. The van der Waals surface area contributed by atoms with Crippen molar-refractivity contribution in [2.24, 2.45) is 5.73 Å². The Morgan fingerprint density at radius 3 is 2.45 bits per heavy atom. The number of nitrogens with zero attached hydrogens (tertiary/aromatic N) is 1. The van der Waals surface area contributed by atoms with Crippen molar-refractivity contribution in [2.45, 2.75) is 38.5 Å². The first-order valence-electron chi connectivity index (χ1n) is 6.66. The Hall–Kier alpha value is -0.980. The molecule has 0 atom stereocenters. The smallest absolute Gasteiger partial charge is 0.218 e. The van der Waals surface area contributed by atoms with E-state index in [0.717, 1.165) is 12.8 Å². The molecule has 1 aromatic carbocycles. The number of nitrogens with two attached hydrogens (primary N) is 1. The molecule has 0 saturated heterocycles. The fraction of sp³-hybridized carbons (Fsp3) is 0.500. The normalized spacial score (nSPS) is 12.1. The molecule has 0 aromatic heterocycles. The third kappa shape index (κ3) is 4.26. The van der Waals surface area contributed by atoms with E-state index in [-0.39, 0.29) is 16.8 Å². The van der Waals surface area contributed by atoms with Crippen molar-refractivity contribution >= 4 is 27.2 Å². The second-order valence-corrected chi connectivity index (χ2v) is 7.28. The molecule has 0 amide bonds. The van der Waals surface area contributed by atoms with Crippen LogP contribution in [0.4, 0.5) is 0 Å². The average Bonchev–Trinajstić information content (AvgIpc) is 2.39. The van der Waals surface area contributed by atoms with E-state index in [0.29, 0.717) is 11.1 Å². The van der Waals surface area contributed by atoms with Crippen molar-refractivity contribution in [3.05, 3.63) is 35.4 Å². The SMILES string of the molecule is CCC(CC)N(C)S(=O)(=O)Cc1cccc(C(N)=S)c1. The third-order valence-electron chi connectivity index (χ3n) is 3.46. The van der Waals surface area contributed by atoms with Crippen molar-refractivity contribution < 1.29 is 8.42 Å². The standard InChI is InChI=1S/C14H22N2O2S2/c1-4-13(5-2)16(3)20(17,18)10-11-7-6-8-12(9-11)14(15)19/h6-9,13H,4-5,10H2,1-3H3,(H2,15,19). The fourth-order valence-corrected chi connectivity index (χ4v) is 3.84. The number of rotatable bonds is 7. The van der Waals surface area contributed by atoms with Crippen molar-refractivity contribution in [3.8, 4) is 0 Å². The van der Waals surface area contributed by atoms with E-state index in [2.05, 4.69) is 0 Å². The van der Waals surface area contributed by atoms with Crippen LogP contribution in [0.15, 0.2) is 24.3 Å². The van der Waals surface area contributed by atoms with Gasteiger partial charge in [-0.2, -0.15) is 0 Å². The maximum Gasteiger partial charge on any atom is 0.218 e. The van der Waals surface area contributed by atoms with Gasteiger partial charge in [0.25, 0.3) is 0 Å². The summed E-state index contributed by atoms with van der Waals surface area (Å²) in [4.78, 5) is 0.276. The lowest BCUT2D eigenvalue weighted by Gasteiger charge is -2.25. The minimum atomic E-state index is -3.33. The van der Waals surface area contributed by atoms with Gasteiger partial charge in [0.15, 0.2) is 0 Å². The maximum atomic E-state index is 12.4. The van der Waals surface area contributed by atoms with Gasteiger partial charge in [-0.05, 0) is 24.5 Å². The highest BCUT2D eigenvalue weighted by atomic mass is 32.2. The van der Waals surface area contributed by atoms with E-state index in [1.807, 2.05) is 13.8 Å². The van der Waals surface area contributed by atoms with Crippen molar-refractivity contribution in [1.29, 1.82) is 0 Å². The van der Waals surface area contributed by atoms with Crippen LogP contribution in [0, 0.1) is 0 Å². The molecule has 0 radical (unpaired) electrons. The van der Waals surface area contributed by atoms with Crippen LogP contribution < -0.4 is 5.73 Å².